The van der Waals surface area contributed by atoms with E-state index in [2.05, 4.69) is 40.8 Å². The molecule has 0 aliphatic rings. The summed E-state index contributed by atoms with van der Waals surface area (Å²) in [7, 11) is 0. The number of rotatable bonds is 11. The largest absolute Gasteiger partial charge is 0.490 e. The number of esters is 2. The second kappa shape index (κ2) is 14.5. The molecule has 0 bridgehead atoms. The number of carboxylic acid groups (broad SMARTS) is 2. The molecule has 0 saturated heterocycles. The van der Waals surface area contributed by atoms with E-state index in [0.29, 0.717) is 19.2 Å². The van der Waals surface area contributed by atoms with Gasteiger partial charge in [0.05, 0.1) is 0 Å². The summed E-state index contributed by atoms with van der Waals surface area (Å²) < 4.78 is 14.2. The Morgan fingerprint density at radius 3 is 1.86 bits per heavy atom. The molecule has 0 fully saturated rings. The van der Waals surface area contributed by atoms with E-state index < -0.39 is 42.2 Å². The van der Waals surface area contributed by atoms with E-state index in [4.69, 9.17) is 14.9 Å². The molecule has 2 aromatic carbocycles. The Bertz CT molecular complexity index is 969. The summed E-state index contributed by atoms with van der Waals surface area (Å²) in [4.78, 5) is 42.4. The molecule has 0 heterocycles. The van der Waals surface area contributed by atoms with Crippen LogP contribution in [0.25, 0.3) is 10.8 Å². The molecule has 192 valence electrons. The highest BCUT2D eigenvalue weighted by Crippen LogP contribution is 2.25. The minimum atomic E-state index is -2.07. The highest BCUT2D eigenvalue weighted by molar-refractivity contribution is 5.88. The Labute approximate surface area is 202 Å². The van der Waals surface area contributed by atoms with Crippen molar-refractivity contribution in [3.8, 4) is 5.75 Å². The second-order valence-electron chi connectivity index (χ2n) is 7.74. The fraction of sp³-hybridized carbons (Fsp3) is 0.417. The monoisotopic (exact) mass is 493 g/mol. The Balaban J connectivity index is 0.000000357. The van der Waals surface area contributed by atoms with Crippen LogP contribution in [0.4, 0.5) is 0 Å². The van der Waals surface area contributed by atoms with E-state index >= 15 is 0 Å². The molecule has 2 rings (SSSR count). The van der Waals surface area contributed by atoms with E-state index in [1.165, 1.54) is 0 Å². The van der Waals surface area contributed by atoms with Crippen molar-refractivity contribution in [2.24, 2.45) is 0 Å². The van der Waals surface area contributed by atoms with Crippen LogP contribution >= 0.6 is 0 Å². The molecule has 11 nitrogen and oxygen atoms in total. The maximum Gasteiger partial charge on any atom is 0.349 e. The molecule has 11 heteroatoms. The van der Waals surface area contributed by atoms with Gasteiger partial charge in [-0.25, -0.2) is 9.59 Å². The Hall–Kier alpha value is -3.70. The van der Waals surface area contributed by atoms with E-state index in [1.807, 2.05) is 30.3 Å². The number of nitrogens with one attached hydrogen (secondary N) is 1. The van der Waals surface area contributed by atoms with Crippen LogP contribution in [0.3, 0.4) is 0 Å². The average Bonchev–Trinajstić information content (AvgIpc) is 2.78. The fourth-order valence-electron chi connectivity index (χ4n) is 2.78. The van der Waals surface area contributed by atoms with Crippen molar-refractivity contribution in [3.63, 3.8) is 0 Å². The number of benzene rings is 2. The number of ether oxygens (including phenoxy) is 3. The minimum absolute atomic E-state index is 0.299. The van der Waals surface area contributed by atoms with Gasteiger partial charge in [-0.05, 0) is 11.5 Å². The lowest BCUT2D eigenvalue weighted by molar-refractivity contribution is -0.185. The zero-order valence-electron chi connectivity index (χ0n) is 20.0. The van der Waals surface area contributed by atoms with Crippen molar-refractivity contribution in [1.82, 2.24) is 5.32 Å². The van der Waals surface area contributed by atoms with Crippen LogP contribution in [0.5, 0.6) is 5.75 Å². The molecule has 0 radical (unpaired) electrons. The summed E-state index contributed by atoms with van der Waals surface area (Å²) in [5.74, 6) is -4.61. The van der Waals surface area contributed by atoms with Crippen LogP contribution < -0.4 is 10.1 Å². The first-order valence-electron chi connectivity index (χ1n) is 10.7. The average molecular weight is 494 g/mol. The van der Waals surface area contributed by atoms with Crippen LogP contribution in [-0.2, 0) is 28.7 Å². The lowest BCUT2D eigenvalue weighted by Crippen LogP contribution is -2.45. The Morgan fingerprint density at radius 1 is 0.857 bits per heavy atom. The third-order valence-corrected chi connectivity index (χ3v) is 4.29. The molecule has 3 atom stereocenters. The molecule has 0 amide bonds. The normalized spacial score (nSPS) is 13.1. The number of aliphatic hydroxyl groups is 1. The summed E-state index contributed by atoms with van der Waals surface area (Å²) in [5.41, 5.74) is 0. The van der Waals surface area contributed by atoms with Crippen LogP contribution in [0, 0.1) is 0 Å². The van der Waals surface area contributed by atoms with Gasteiger partial charge in [-0.1, -0.05) is 50.2 Å². The first-order chi connectivity index (χ1) is 16.4. The van der Waals surface area contributed by atoms with E-state index in [1.54, 1.807) is 0 Å². The first kappa shape index (κ1) is 29.3. The van der Waals surface area contributed by atoms with Gasteiger partial charge in [0.25, 0.3) is 0 Å². The molecule has 0 aromatic heterocycles. The van der Waals surface area contributed by atoms with E-state index in [-0.39, 0.29) is 0 Å². The van der Waals surface area contributed by atoms with Crippen molar-refractivity contribution in [1.29, 1.82) is 0 Å². The predicted octanol–water partition coefficient (Wildman–Crippen LogP) is 1.60. The number of aliphatic hydroxyl groups excluding tert-OH is 1. The number of hydrogen-bond donors (Lipinski definition) is 4. The Kier molecular flexibility index (Phi) is 12.2. The van der Waals surface area contributed by atoms with Crippen LogP contribution in [-0.4, -0.2) is 76.7 Å². The molecule has 2 aromatic rings. The smallest absolute Gasteiger partial charge is 0.349 e. The van der Waals surface area contributed by atoms with Crippen molar-refractivity contribution < 1.29 is 48.7 Å². The molecule has 0 unspecified atom stereocenters. The van der Waals surface area contributed by atoms with E-state index in [0.717, 1.165) is 30.4 Å². The summed E-state index contributed by atoms with van der Waals surface area (Å²) >= 11 is 0. The third-order valence-electron chi connectivity index (χ3n) is 4.29. The number of aliphatic carboxylic acids is 2. The maximum absolute atomic E-state index is 10.6. The van der Waals surface area contributed by atoms with Crippen LogP contribution in [0.15, 0.2) is 42.5 Å². The molecular formula is C24H31NO10. The minimum Gasteiger partial charge on any atom is -0.490 e. The van der Waals surface area contributed by atoms with Gasteiger partial charge >= 0.3 is 23.9 Å². The summed E-state index contributed by atoms with van der Waals surface area (Å²) in [6.45, 7) is 6.76. The van der Waals surface area contributed by atoms with Crippen molar-refractivity contribution in [2.75, 3.05) is 13.2 Å². The summed E-state index contributed by atoms with van der Waals surface area (Å²) in [6, 6.07) is 14.4. The van der Waals surface area contributed by atoms with E-state index in [9.17, 15) is 24.3 Å². The quantitative estimate of drug-likeness (QED) is 0.335. The number of carbonyl (C=O) groups excluding carboxylic acids is 2. The van der Waals surface area contributed by atoms with Crippen molar-refractivity contribution in [2.45, 2.75) is 52.0 Å². The molecule has 35 heavy (non-hydrogen) atoms. The number of fused-ring (bicyclic) bond motifs is 1. The number of carbonyl (C=O) groups is 4. The lowest BCUT2D eigenvalue weighted by atomic mass is 10.1. The molecule has 0 saturated carbocycles. The zero-order valence-corrected chi connectivity index (χ0v) is 20.0. The molecule has 0 aliphatic carbocycles. The van der Waals surface area contributed by atoms with Gasteiger partial charge < -0.3 is 34.8 Å². The fourth-order valence-corrected chi connectivity index (χ4v) is 2.78. The van der Waals surface area contributed by atoms with Gasteiger partial charge in [-0.3, -0.25) is 9.59 Å². The van der Waals surface area contributed by atoms with Crippen molar-refractivity contribution >= 4 is 34.6 Å². The zero-order chi connectivity index (χ0) is 26.5. The van der Waals surface area contributed by atoms with Gasteiger partial charge in [-0.2, -0.15) is 0 Å². The van der Waals surface area contributed by atoms with Crippen LogP contribution in [0.2, 0.25) is 0 Å². The van der Waals surface area contributed by atoms with Crippen LogP contribution in [0.1, 0.15) is 27.7 Å². The molecule has 0 aliphatic heterocycles. The molecular weight excluding hydrogens is 462 g/mol. The van der Waals surface area contributed by atoms with Crippen molar-refractivity contribution in [3.05, 3.63) is 42.5 Å². The maximum atomic E-state index is 10.6. The van der Waals surface area contributed by atoms with Gasteiger partial charge in [-0.15, -0.1) is 0 Å². The summed E-state index contributed by atoms with van der Waals surface area (Å²) in [6.07, 6.45) is -4.64. The molecule has 4 N–H and O–H groups in total. The number of carboxylic acids is 2. The highest BCUT2D eigenvalue weighted by Gasteiger charge is 2.39. The standard InChI is InChI=1S/C16H21NO2.C8H10O8/c1-12(2)17-10-14(18)11-19-16-9-5-7-13-6-3-4-8-15(13)16;1-3(9)15-5(7(11)12)6(8(13)14)16-4(2)10/h3-9,12,14,17-18H,10-11H2,1-2H3;5-6H,1-2H3,(H,11,12)(H,13,14)/t14-;5-,6-/m00/s1. The van der Waals surface area contributed by atoms with Gasteiger partial charge in [0.1, 0.15) is 18.5 Å². The second-order valence-corrected chi connectivity index (χ2v) is 7.74. The van der Waals surface area contributed by atoms with Gasteiger partial charge in [0.15, 0.2) is 0 Å². The lowest BCUT2D eigenvalue weighted by Gasteiger charge is -2.19. The highest BCUT2D eigenvalue weighted by atomic mass is 16.6. The topological polar surface area (TPSA) is 169 Å². The first-order valence-corrected chi connectivity index (χ1v) is 10.7. The SMILES string of the molecule is CC(=O)O[C@H](C(=O)O)[C@H](OC(C)=O)C(=O)O.CC(C)NC[C@H](O)COc1cccc2ccccc12. The predicted molar refractivity (Wildman–Crippen MR) is 125 cm³/mol. The Morgan fingerprint density at radius 2 is 1.37 bits per heavy atom. The third kappa shape index (κ3) is 10.8. The van der Waals surface area contributed by atoms with Gasteiger partial charge in [0, 0.05) is 31.8 Å². The molecule has 0 spiro atoms. The van der Waals surface area contributed by atoms with Gasteiger partial charge in [0.2, 0.25) is 12.2 Å². The number of hydrogen-bond acceptors (Lipinski definition) is 9. The summed E-state index contributed by atoms with van der Waals surface area (Å²) in [5, 5.41) is 32.5.